The number of dihydropyridines is 1. The Bertz CT molecular complexity index is 586. The predicted molar refractivity (Wildman–Crippen MR) is 68.9 cm³/mol. The first-order chi connectivity index (χ1) is 9.15. The Morgan fingerprint density at radius 1 is 1.37 bits per heavy atom. The molecule has 98 valence electrons. The lowest BCUT2D eigenvalue weighted by atomic mass is 9.96. The number of fused-ring (bicyclic) bond motifs is 2. The topological polar surface area (TPSA) is 106 Å². The van der Waals surface area contributed by atoms with Crippen LogP contribution in [0.2, 0.25) is 0 Å². The summed E-state index contributed by atoms with van der Waals surface area (Å²) in [5.41, 5.74) is 3.71. The summed E-state index contributed by atoms with van der Waals surface area (Å²) in [7, 11) is 0. The quantitative estimate of drug-likeness (QED) is 0.494. The van der Waals surface area contributed by atoms with Gasteiger partial charge in [0.15, 0.2) is 0 Å². The highest BCUT2D eigenvalue weighted by molar-refractivity contribution is 6.03. The number of aliphatic hydroxyl groups excluding tert-OH is 2. The molecule has 7 nitrogen and oxygen atoms in total. The van der Waals surface area contributed by atoms with Gasteiger partial charge < -0.3 is 10.2 Å². The number of allylic oxidation sites excluding steroid dienone is 1. The van der Waals surface area contributed by atoms with E-state index in [4.69, 9.17) is 0 Å². The molecule has 0 radical (unpaired) electrons. The molecule has 0 saturated heterocycles. The molecule has 2 unspecified atom stereocenters. The van der Waals surface area contributed by atoms with Crippen LogP contribution in [0.1, 0.15) is 6.42 Å². The number of amides is 1. The zero-order valence-electron chi connectivity index (χ0n) is 9.87. The molecule has 4 N–H and O–H groups in total. The van der Waals surface area contributed by atoms with Crippen molar-refractivity contribution in [2.24, 2.45) is 10.1 Å². The lowest BCUT2D eigenvalue weighted by molar-refractivity contribution is -0.120. The van der Waals surface area contributed by atoms with Gasteiger partial charge in [-0.15, -0.1) is 0 Å². The van der Waals surface area contributed by atoms with Crippen molar-refractivity contribution in [3.63, 3.8) is 0 Å². The van der Waals surface area contributed by atoms with Crippen molar-refractivity contribution < 1.29 is 15.0 Å². The molecule has 2 atom stereocenters. The van der Waals surface area contributed by atoms with Crippen LogP contribution >= 0.6 is 0 Å². The van der Waals surface area contributed by atoms with E-state index in [0.29, 0.717) is 5.71 Å². The molecule has 0 saturated carbocycles. The Hall–Kier alpha value is -2.41. The van der Waals surface area contributed by atoms with E-state index in [0.717, 1.165) is 5.57 Å². The molecule has 0 fully saturated rings. The van der Waals surface area contributed by atoms with Crippen LogP contribution in [0.3, 0.4) is 0 Å². The van der Waals surface area contributed by atoms with E-state index in [1.807, 2.05) is 18.2 Å². The number of aliphatic hydroxyl groups is 2. The van der Waals surface area contributed by atoms with Crippen LogP contribution in [0.5, 0.6) is 0 Å². The van der Waals surface area contributed by atoms with E-state index < -0.39 is 11.7 Å². The standard InChI is InChI=1S/C12H12N4O3/c17-9-5-7-8(15-16-12(19)10(9)18)4-6-2-1-3-13-11(6)14-7/h1-4,7,11,14,17-18H,5H2,(H,16,19). The minimum Gasteiger partial charge on any atom is -0.508 e. The largest absolute Gasteiger partial charge is 0.508 e. The van der Waals surface area contributed by atoms with Gasteiger partial charge in [0.1, 0.15) is 11.9 Å². The maximum atomic E-state index is 11.4. The summed E-state index contributed by atoms with van der Waals surface area (Å²) in [5, 5.41) is 26.3. The number of aliphatic imine (C=N–C) groups is 1. The zero-order chi connectivity index (χ0) is 13.4. The van der Waals surface area contributed by atoms with Crippen molar-refractivity contribution in [2.75, 3.05) is 0 Å². The minimum absolute atomic E-state index is 0.0810. The number of hydrogen-bond donors (Lipinski definition) is 4. The summed E-state index contributed by atoms with van der Waals surface area (Å²) in [6.07, 6.45) is 7.10. The van der Waals surface area contributed by atoms with Crippen LogP contribution in [0.25, 0.3) is 0 Å². The van der Waals surface area contributed by atoms with Crippen LogP contribution in [0.4, 0.5) is 0 Å². The molecule has 0 bridgehead atoms. The molecular weight excluding hydrogens is 248 g/mol. The van der Waals surface area contributed by atoms with E-state index in [1.54, 1.807) is 6.21 Å². The van der Waals surface area contributed by atoms with Gasteiger partial charge in [0, 0.05) is 12.6 Å². The predicted octanol–water partition coefficient (Wildman–Crippen LogP) is 0.0548. The molecule has 19 heavy (non-hydrogen) atoms. The van der Waals surface area contributed by atoms with Crippen LogP contribution in [0, 0.1) is 0 Å². The second-order valence-corrected chi connectivity index (χ2v) is 4.40. The van der Waals surface area contributed by atoms with E-state index >= 15 is 0 Å². The fourth-order valence-electron chi connectivity index (χ4n) is 2.14. The highest BCUT2D eigenvalue weighted by Gasteiger charge is 2.30. The minimum atomic E-state index is -0.818. The van der Waals surface area contributed by atoms with Gasteiger partial charge in [-0.05, 0) is 17.7 Å². The first-order valence-corrected chi connectivity index (χ1v) is 5.81. The van der Waals surface area contributed by atoms with Crippen LogP contribution in [0.15, 0.2) is 45.4 Å². The molecule has 1 amide bonds. The van der Waals surface area contributed by atoms with Gasteiger partial charge >= 0.3 is 5.91 Å². The number of carbonyl (C=O) groups excluding carboxylic acids is 1. The molecule has 3 heterocycles. The third kappa shape index (κ3) is 2.04. The highest BCUT2D eigenvalue weighted by Crippen LogP contribution is 2.21. The summed E-state index contributed by atoms with van der Waals surface area (Å²) in [4.78, 5) is 15.6. The average Bonchev–Trinajstić information content (AvgIpc) is 2.42. The first kappa shape index (κ1) is 11.7. The van der Waals surface area contributed by atoms with Crippen LogP contribution < -0.4 is 10.7 Å². The summed E-state index contributed by atoms with van der Waals surface area (Å²) >= 11 is 0. The van der Waals surface area contributed by atoms with Gasteiger partial charge in [-0.3, -0.25) is 15.1 Å². The molecule has 3 aliphatic rings. The SMILES string of the molecule is O=C1NN=C2C=C3C=CC=NC3NC2CC(O)=C1O. The Morgan fingerprint density at radius 3 is 3.05 bits per heavy atom. The van der Waals surface area contributed by atoms with Gasteiger partial charge in [0.2, 0.25) is 5.76 Å². The van der Waals surface area contributed by atoms with E-state index in [2.05, 4.69) is 20.8 Å². The maximum Gasteiger partial charge on any atom is 0.309 e. The number of hydrazone groups is 1. The number of nitrogens with zero attached hydrogens (tertiary/aromatic N) is 2. The highest BCUT2D eigenvalue weighted by atomic mass is 16.3. The molecule has 0 spiro atoms. The van der Waals surface area contributed by atoms with E-state index in [-0.39, 0.29) is 24.4 Å². The summed E-state index contributed by atoms with van der Waals surface area (Å²) in [5.74, 6) is -1.89. The van der Waals surface area contributed by atoms with Crippen molar-refractivity contribution >= 4 is 17.8 Å². The Morgan fingerprint density at radius 2 is 2.21 bits per heavy atom. The molecule has 0 aromatic carbocycles. The number of carbonyl (C=O) groups is 1. The zero-order valence-corrected chi connectivity index (χ0v) is 9.87. The van der Waals surface area contributed by atoms with E-state index in [1.165, 1.54) is 0 Å². The van der Waals surface area contributed by atoms with Crippen molar-refractivity contribution in [3.8, 4) is 0 Å². The molecule has 0 aromatic heterocycles. The molecule has 3 aliphatic heterocycles. The van der Waals surface area contributed by atoms with Crippen molar-refractivity contribution in [1.29, 1.82) is 0 Å². The van der Waals surface area contributed by atoms with Crippen LogP contribution in [-0.2, 0) is 4.79 Å². The second-order valence-electron chi connectivity index (χ2n) is 4.40. The Kier molecular flexibility index (Phi) is 2.68. The molecule has 7 heteroatoms. The smallest absolute Gasteiger partial charge is 0.309 e. The lowest BCUT2D eigenvalue weighted by Gasteiger charge is -2.30. The normalized spacial score (nSPS) is 29.6. The van der Waals surface area contributed by atoms with Gasteiger partial charge in [0.25, 0.3) is 0 Å². The van der Waals surface area contributed by atoms with E-state index in [9.17, 15) is 15.0 Å². The number of hydrogen-bond acceptors (Lipinski definition) is 6. The number of nitrogens with one attached hydrogen (secondary N) is 2. The fraction of sp³-hybridized carbons (Fsp3) is 0.250. The third-order valence-electron chi connectivity index (χ3n) is 3.13. The average molecular weight is 260 g/mol. The maximum absolute atomic E-state index is 11.4. The molecule has 0 aromatic rings. The van der Waals surface area contributed by atoms with Gasteiger partial charge in [-0.1, -0.05) is 6.08 Å². The summed E-state index contributed by atoms with van der Waals surface area (Å²) < 4.78 is 0. The lowest BCUT2D eigenvalue weighted by Crippen LogP contribution is -2.48. The molecule has 0 aliphatic carbocycles. The monoisotopic (exact) mass is 260 g/mol. The first-order valence-electron chi connectivity index (χ1n) is 5.81. The Balaban J connectivity index is 1.97. The second kappa shape index (κ2) is 4.36. The van der Waals surface area contributed by atoms with Crippen molar-refractivity contribution in [2.45, 2.75) is 18.6 Å². The Labute approximate surface area is 108 Å². The summed E-state index contributed by atoms with van der Waals surface area (Å²) in [6, 6.07) is -0.319. The van der Waals surface area contributed by atoms with Crippen LogP contribution in [-0.4, -0.2) is 40.3 Å². The number of rotatable bonds is 0. The van der Waals surface area contributed by atoms with Crippen molar-refractivity contribution in [1.82, 2.24) is 10.7 Å². The summed E-state index contributed by atoms with van der Waals surface area (Å²) in [6.45, 7) is 0. The molecule has 3 rings (SSSR count). The van der Waals surface area contributed by atoms with Gasteiger partial charge in [-0.2, -0.15) is 5.10 Å². The van der Waals surface area contributed by atoms with Crippen molar-refractivity contribution in [3.05, 3.63) is 35.3 Å². The molecular formula is C12H12N4O3. The van der Waals surface area contributed by atoms with Gasteiger partial charge in [-0.25, -0.2) is 5.43 Å². The van der Waals surface area contributed by atoms with Gasteiger partial charge in [0.05, 0.1) is 11.8 Å². The fourth-order valence-corrected chi connectivity index (χ4v) is 2.14. The third-order valence-corrected chi connectivity index (χ3v) is 3.13.